The Hall–Kier alpha value is -4.85. The van der Waals surface area contributed by atoms with Gasteiger partial charge >= 0.3 is 5.97 Å². The van der Waals surface area contributed by atoms with E-state index in [2.05, 4.69) is 171 Å². The van der Waals surface area contributed by atoms with E-state index in [0.717, 1.165) is 62.4 Å². The minimum absolute atomic E-state index is 0.0809. The number of fused-ring (bicyclic) bond motifs is 21. The average Bonchev–Trinajstić information content (AvgIpc) is 4.00. The molecule has 77 heavy (non-hydrogen) atoms. The Morgan fingerprint density at radius 3 is 0.961 bits per heavy atom. The van der Waals surface area contributed by atoms with E-state index in [0.29, 0.717) is 68.0 Å². The van der Waals surface area contributed by atoms with Crippen molar-refractivity contribution in [2.75, 3.05) is 0 Å². The van der Waals surface area contributed by atoms with E-state index >= 15 is 0 Å². The van der Waals surface area contributed by atoms with Crippen LogP contribution >= 0.6 is 70.6 Å². The highest BCUT2D eigenvalue weighted by molar-refractivity contribution is 8.04. The largest absolute Gasteiger partial charge is 0.478 e. The molecule has 0 atom stereocenters. The second kappa shape index (κ2) is 19.5. The molecule has 2 aliphatic heterocycles. The van der Waals surface area contributed by atoms with Crippen LogP contribution < -0.4 is 0 Å². The first-order valence-corrected chi connectivity index (χ1v) is 30.6. The van der Waals surface area contributed by atoms with E-state index in [-0.39, 0.29) is 34.0 Å². The van der Waals surface area contributed by atoms with Gasteiger partial charge in [-0.15, -0.1) is 70.6 Å². The van der Waals surface area contributed by atoms with Crippen LogP contribution in [0, 0.1) is 0 Å². The molecule has 400 valence electrons. The predicted molar refractivity (Wildman–Crippen MR) is 330 cm³/mol. The number of carbonyl (C=O) groups is 1. The van der Waals surface area contributed by atoms with Crippen molar-refractivity contribution in [3.8, 4) is 45.6 Å². The van der Waals surface area contributed by atoms with Gasteiger partial charge in [0.25, 0.3) is 0 Å². The molecule has 8 bridgehead atoms. The van der Waals surface area contributed by atoms with Crippen LogP contribution in [0.1, 0.15) is 135 Å². The van der Waals surface area contributed by atoms with Gasteiger partial charge in [-0.25, -0.2) is 44.7 Å². The first-order valence-electron chi connectivity index (χ1n) is 25.7. The quantitative estimate of drug-likeness (QED) is 0.129. The zero-order valence-electron chi connectivity index (χ0n) is 47.1. The maximum Gasteiger partial charge on any atom is 0.335 e. The van der Waals surface area contributed by atoms with Crippen molar-refractivity contribution in [3.63, 3.8) is 0 Å². The van der Waals surface area contributed by atoms with Crippen molar-refractivity contribution in [3.05, 3.63) is 60.2 Å². The van der Waals surface area contributed by atoms with Crippen molar-refractivity contribution in [1.82, 2.24) is 49.8 Å². The van der Waals surface area contributed by atoms with Crippen molar-refractivity contribution >= 4 is 132 Å². The van der Waals surface area contributed by atoms with Crippen molar-refractivity contribution in [2.45, 2.75) is 182 Å². The van der Waals surface area contributed by atoms with Gasteiger partial charge in [-0.2, -0.15) is 0 Å². The van der Waals surface area contributed by atoms with Crippen LogP contribution in [0.4, 0.5) is 0 Å². The van der Waals surface area contributed by atoms with E-state index in [9.17, 15) is 9.90 Å². The van der Waals surface area contributed by atoms with E-state index in [1.807, 2.05) is 70.6 Å². The third kappa shape index (κ3) is 12.3. The van der Waals surface area contributed by atoms with Crippen LogP contribution in [0.5, 0.6) is 0 Å². The Balaban J connectivity index is 1.40. The summed E-state index contributed by atoms with van der Waals surface area (Å²) in [4.78, 5) is 69.1. The Bertz CT molecular complexity index is 3940. The first-order chi connectivity index (χ1) is 35.6. The Labute approximate surface area is 476 Å². The summed E-state index contributed by atoms with van der Waals surface area (Å²) in [6, 6.07) is 18.2. The van der Waals surface area contributed by atoms with Crippen LogP contribution in [-0.2, 0) is 0 Å². The van der Waals surface area contributed by atoms with Crippen LogP contribution in [-0.4, -0.2) is 89.4 Å². The summed E-state index contributed by atoms with van der Waals surface area (Å²) in [5.74, 6) is 0.831. The minimum atomic E-state index is -1.06. The van der Waals surface area contributed by atoms with Crippen LogP contribution in [0.3, 0.4) is 0 Å². The predicted octanol–water partition coefficient (Wildman–Crippen LogP) is 17.9. The number of aromatic amines is 2. The molecule has 0 spiro atoms. The molecule has 0 amide bonds. The van der Waals surface area contributed by atoms with E-state index in [1.165, 1.54) is 12.1 Å². The molecular formula is C59H66N10O2S6. The molecular weight excluding hydrogens is 1070 g/mol. The third-order valence-corrected chi connectivity index (χ3v) is 18.8. The number of aromatic nitrogens is 10. The number of rotatable bonds is 7. The lowest BCUT2D eigenvalue weighted by Crippen LogP contribution is -2.10. The second-order valence-corrected chi connectivity index (χ2v) is 36.6. The van der Waals surface area contributed by atoms with E-state index in [1.54, 1.807) is 6.07 Å². The second-order valence-electron chi connectivity index (χ2n) is 25.4. The van der Waals surface area contributed by atoms with Crippen LogP contribution in [0.15, 0.2) is 84.0 Å². The summed E-state index contributed by atoms with van der Waals surface area (Å²) in [6.45, 7) is 40.2. The minimum Gasteiger partial charge on any atom is -0.478 e. The Morgan fingerprint density at radius 2 is 0.649 bits per heavy atom. The van der Waals surface area contributed by atoms with Crippen LogP contribution in [0.2, 0.25) is 0 Å². The number of carboxylic acid groups (broad SMARTS) is 1. The summed E-state index contributed by atoms with van der Waals surface area (Å²) < 4.78 is -0.572. The topological polar surface area (TPSA) is 172 Å². The summed E-state index contributed by atoms with van der Waals surface area (Å²) in [5.41, 5.74) is 7.19. The number of nitrogens with one attached hydrogen (secondary N) is 2. The standard InChI is InChI=1S/C59H66N10O2S6/c1-54(2,3)72-37-22-29-30(23-38(37)73-55(4,5)6)46-62-45(29)63-47-31-24-39(74-56(7,8)9)41(76-58(13,14)15)26-33(31)49(65-47)67-51-43-44(61-36-21-28(53(70)71)19-20-35(36)60-43)52(69-51)68-50-34-27-42(77-59(16,17)18)40(75-57(10,11)12)25-32(34)48(64-46)66-50/h19-27H,1-18H3,(H,70,71)(H2,62,63,64,65,66,67,68,69). The van der Waals surface area contributed by atoms with Crippen molar-refractivity contribution in [2.24, 2.45) is 0 Å². The summed E-state index contributed by atoms with van der Waals surface area (Å²) in [6.07, 6.45) is 0. The number of hydrogen-bond donors (Lipinski definition) is 3. The zero-order chi connectivity index (χ0) is 55.7. The molecule has 8 aromatic rings. The van der Waals surface area contributed by atoms with Gasteiger partial charge in [-0.05, 0) is 54.6 Å². The van der Waals surface area contributed by atoms with Gasteiger partial charge in [-0.1, -0.05) is 125 Å². The van der Waals surface area contributed by atoms with Gasteiger partial charge in [0.15, 0.2) is 34.6 Å². The number of H-pyrrole nitrogens is 2. The molecule has 0 radical (unpaired) electrons. The van der Waals surface area contributed by atoms with Gasteiger partial charge in [0, 0.05) is 90.9 Å². The fourth-order valence-electron chi connectivity index (χ4n) is 8.81. The van der Waals surface area contributed by atoms with Gasteiger partial charge in [0.2, 0.25) is 0 Å². The number of thioether (sulfide) groups is 6. The molecule has 2 aliphatic rings. The lowest BCUT2D eigenvalue weighted by Gasteiger charge is -2.24. The maximum absolute atomic E-state index is 12.3. The molecule has 0 unspecified atom stereocenters. The molecule has 4 aromatic carbocycles. The molecule has 0 saturated heterocycles. The number of benzene rings is 4. The third-order valence-electron chi connectivity index (χ3n) is 11.4. The number of nitrogens with zero attached hydrogens (tertiary/aromatic N) is 8. The highest BCUT2D eigenvalue weighted by atomic mass is 32.2. The molecule has 0 aliphatic carbocycles. The van der Waals surface area contributed by atoms with E-state index in [4.69, 9.17) is 39.9 Å². The normalized spacial score (nSPS) is 13.5. The SMILES string of the molecule is CC(C)(C)Sc1cc2c(cc1SC(C)(C)C)-c1nc-2nc2[nH]c(nc3nc(nc4[nH]c(n1)c1nc5ccc(C(=O)O)cc5nc41)-c1cc(SC(C)(C)C)c(SC(C)(C)C)cc1-3)c1cc(SC(C)(C)C)c(SC(C)(C)C)cc21. The molecule has 4 aromatic heterocycles. The molecule has 3 N–H and O–H groups in total. The van der Waals surface area contributed by atoms with Gasteiger partial charge in [-0.3, -0.25) is 0 Å². The summed E-state index contributed by atoms with van der Waals surface area (Å²) in [7, 11) is 0. The lowest BCUT2D eigenvalue weighted by atomic mass is 10.1. The summed E-state index contributed by atoms with van der Waals surface area (Å²) in [5, 5.41) is 11.9. The van der Waals surface area contributed by atoms with Gasteiger partial charge in [0.05, 0.1) is 16.6 Å². The monoisotopic (exact) mass is 1140 g/mol. The Kier molecular flexibility index (Phi) is 14.0. The zero-order valence-corrected chi connectivity index (χ0v) is 52.0. The van der Waals surface area contributed by atoms with Crippen LogP contribution in [0.25, 0.3) is 101 Å². The molecule has 12 nitrogen and oxygen atoms in total. The summed E-state index contributed by atoms with van der Waals surface area (Å²) >= 11 is 11.0. The molecule has 0 saturated carbocycles. The molecule has 10 rings (SSSR count). The lowest BCUT2D eigenvalue weighted by molar-refractivity contribution is 0.0697. The smallest absolute Gasteiger partial charge is 0.335 e. The number of hydrogen-bond acceptors (Lipinski definition) is 15. The molecule has 6 heterocycles. The number of aromatic carboxylic acids is 1. The molecule has 18 heteroatoms. The average molecular weight is 1140 g/mol. The highest BCUT2D eigenvalue weighted by Crippen LogP contribution is 2.51. The Morgan fingerprint density at radius 1 is 0.364 bits per heavy atom. The first kappa shape index (κ1) is 55.5. The van der Waals surface area contributed by atoms with Crippen molar-refractivity contribution in [1.29, 1.82) is 0 Å². The molecule has 0 fully saturated rings. The van der Waals surface area contributed by atoms with Gasteiger partial charge in [0.1, 0.15) is 22.3 Å². The van der Waals surface area contributed by atoms with Gasteiger partial charge < -0.3 is 15.1 Å². The van der Waals surface area contributed by atoms with Crippen molar-refractivity contribution < 1.29 is 9.90 Å². The maximum atomic E-state index is 12.3. The van der Waals surface area contributed by atoms with E-state index < -0.39 is 5.97 Å². The highest BCUT2D eigenvalue weighted by Gasteiger charge is 2.31. The fraction of sp³-hybridized carbons (Fsp3) is 0.407. The fourth-order valence-corrected chi connectivity index (χ4v) is 15.5. The number of carboxylic acids is 1.